The zero-order chi connectivity index (χ0) is 20.8. The SMILES string of the molecule is COc1cc(/C=N\Nc2ccccc2)cc(Br)c1OCc1cccc2ccccc12. The van der Waals surface area contributed by atoms with Crippen LogP contribution >= 0.6 is 15.9 Å². The molecule has 0 atom stereocenters. The highest BCUT2D eigenvalue weighted by Crippen LogP contribution is 2.37. The van der Waals surface area contributed by atoms with Gasteiger partial charge in [-0.1, -0.05) is 60.7 Å². The Morgan fingerprint density at radius 3 is 2.53 bits per heavy atom. The van der Waals surface area contributed by atoms with E-state index < -0.39 is 0 Å². The van der Waals surface area contributed by atoms with E-state index in [0.29, 0.717) is 18.1 Å². The molecule has 0 aliphatic heterocycles. The van der Waals surface area contributed by atoms with Crippen LogP contribution in [0.5, 0.6) is 11.5 Å². The van der Waals surface area contributed by atoms with E-state index in [9.17, 15) is 0 Å². The van der Waals surface area contributed by atoms with Gasteiger partial charge in [-0.15, -0.1) is 0 Å². The average Bonchev–Trinajstić information content (AvgIpc) is 2.79. The van der Waals surface area contributed by atoms with Gasteiger partial charge in [0.05, 0.1) is 23.5 Å². The summed E-state index contributed by atoms with van der Waals surface area (Å²) in [5.74, 6) is 1.31. The second-order valence-electron chi connectivity index (χ2n) is 6.70. The summed E-state index contributed by atoms with van der Waals surface area (Å²) in [7, 11) is 1.63. The fourth-order valence-electron chi connectivity index (χ4n) is 3.22. The molecule has 0 heterocycles. The smallest absolute Gasteiger partial charge is 0.175 e. The van der Waals surface area contributed by atoms with Crippen LogP contribution in [0.15, 0.2) is 94.5 Å². The average molecular weight is 461 g/mol. The number of nitrogens with one attached hydrogen (secondary N) is 1. The summed E-state index contributed by atoms with van der Waals surface area (Å²) in [5, 5.41) is 6.68. The minimum atomic E-state index is 0.444. The fraction of sp³-hybridized carbons (Fsp3) is 0.0800. The van der Waals surface area contributed by atoms with Gasteiger partial charge in [-0.2, -0.15) is 5.10 Å². The number of ether oxygens (including phenoxy) is 2. The van der Waals surface area contributed by atoms with Crippen LogP contribution < -0.4 is 14.9 Å². The van der Waals surface area contributed by atoms with Crippen LogP contribution in [0, 0.1) is 0 Å². The van der Waals surface area contributed by atoms with Gasteiger partial charge in [-0.3, -0.25) is 5.43 Å². The molecule has 0 fully saturated rings. The molecule has 0 unspecified atom stereocenters. The lowest BCUT2D eigenvalue weighted by Gasteiger charge is -2.14. The van der Waals surface area contributed by atoms with E-state index in [4.69, 9.17) is 9.47 Å². The van der Waals surface area contributed by atoms with Gasteiger partial charge in [0.1, 0.15) is 6.61 Å². The van der Waals surface area contributed by atoms with Crippen LogP contribution in [-0.2, 0) is 6.61 Å². The Morgan fingerprint density at radius 2 is 1.70 bits per heavy atom. The number of methoxy groups -OCH3 is 1. The molecule has 0 amide bonds. The Balaban J connectivity index is 1.52. The van der Waals surface area contributed by atoms with Crippen LogP contribution in [0.2, 0.25) is 0 Å². The summed E-state index contributed by atoms with van der Waals surface area (Å²) in [6.07, 6.45) is 1.74. The Bertz CT molecular complexity index is 1170. The van der Waals surface area contributed by atoms with Crippen molar-refractivity contribution in [2.24, 2.45) is 5.10 Å². The van der Waals surface area contributed by atoms with Crippen molar-refractivity contribution in [3.8, 4) is 11.5 Å². The molecule has 5 heteroatoms. The molecule has 4 aromatic carbocycles. The van der Waals surface area contributed by atoms with E-state index in [1.54, 1.807) is 13.3 Å². The molecule has 0 spiro atoms. The Morgan fingerprint density at radius 1 is 0.933 bits per heavy atom. The molecule has 0 saturated heterocycles. The van der Waals surface area contributed by atoms with E-state index >= 15 is 0 Å². The van der Waals surface area contributed by atoms with Crippen molar-refractivity contribution in [3.63, 3.8) is 0 Å². The van der Waals surface area contributed by atoms with E-state index in [-0.39, 0.29) is 0 Å². The third-order valence-electron chi connectivity index (χ3n) is 4.68. The molecule has 0 bridgehead atoms. The Labute approximate surface area is 184 Å². The van der Waals surface area contributed by atoms with E-state index in [2.05, 4.69) is 50.7 Å². The van der Waals surface area contributed by atoms with Crippen LogP contribution in [0.1, 0.15) is 11.1 Å². The molecule has 4 aromatic rings. The summed E-state index contributed by atoms with van der Waals surface area (Å²) in [6.45, 7) is 0.444. The third kappa shape index (κ3) is 4.63. The second-order valence-corrected chi connectivity index (χ2v) is 7.55. The number of hydrogen-bond acceptors (Lipinski definition) is 4. The molecule has 0 radical (unpaired) electrons. The topological polar surface area (TPSA) is 42.8 Å². The molecule has 150 valence electrons. The number of rotatable bonds is 7. The van der Waals surface area contributed by atoms with Gasteiger partial charge < -0.3 is 9.47 Å². The minimum absolute atomic E-state index is 0.444. The van der Waals surface area contributed by atoms with E-state index in [0.717, 1.165) is 21.3 Å². The molecule has 0 aliphatic rings. The molecule has 4 rings (SSSR count). The molecular formula is C25H21BrN2O2. The Hall–Kier alpha value is -3.31. The molecule has 30 heavy (non-hydrogen) atoms. The first-order valence-corrected chi connectivity index (χ1v) is 10.3. The largest absolute Gasteiger partial charge is 0.493 e. The normalized spacial score (nSPS) is 11.0. The monoisotopic (exact) mass is 460 g/mol. The first-order valence-electron chi connectivity index (χ1n) is 9.55. The molecule has 1 N–H and O–H groups in total. The maximum absolute atomic E-state index is 6.15. The number of benzene rings is 4. The zero-order valence-electron chi connectivity index (χ0n) is 16.5. The van der Waals surface area contributed by atoms with Crippen LogP contribution in [0.4, 0.5) is 5.69 Å². The third-order valence-corrected chi connectivity index (χ3v) is 5.27. The number of nitrogens with zero attached hydrogens (tertiary/aromatic N) is 1. The molecule has 0 aromatic heterocycles. The molecular weight excluding hydrogens is 440 g/mol. The summed E-state index contributed by atoms with van der Waals surface area (Å²) >= 11 is 3.61. The van der Waals surface area contributed by atoms with Gasteiger partial charge in [0.2, 0.25) is 0 Å². The second kappa shape index (κ2) is 9.46. The lowest BCUT2D eigenvalue weighted by Crippen LogP contribution is -2.00. The summed E-state index contributed by atoms with van der Waals surface area (Å²) in [5.41, 5.74) is 5.95. The van der Waals surface area contributed by atoms with Crippen molar-refractivity contribution < 1.29 is 9.47 Å². The van der Waals surface area contributed by atoms with Crippen molar-refractivity contribution >= 4 is 38.6 Å². The van der Waals surface area contributed by atoms with Crippen LogP contribution in [0.25, 0.3) is 10.8 Å². The maximum atomic E-state index is 6.15. The highest BCUT2D eigenvalue weighted by atomic mass is 79.9. The zero-order valence-corrected chi connectivity index (χ0v) is 18.1. The first kappa shape index (κ1) is 20.0. The number of para-hydroxylation sites is 1. The highest BCUT2D eigenvalue weighted by molar-refractivity contribution is 9.10. The molecule has 0 aliphatic carbocycles. The van der Waals surface area contributed by atoms with Crippen molar-refractivity contribution in [3.05, 3.63) is 101 Å². The lowest BCUT2D eigenvalue weighted by atomic mass is 10.1. The molecule has 0 saturated carbocycles. The molecule has 4 nitrogen and oxygen atoms in total. The predicted octanol–water partition coefficient (Wildman–Crippen LogP) is 6.64. The highest BCUT2D eigenvalue weighted by Gasteiger charge is 2.12. The van der Waals surface area contributed by atoms with Gasteiger partial charge in [-0.05, 0) is 62.1 Å². The van der Waals surface area contributed by atoms with E-state index in [1.807, 2.05) is 60.7 Å². The quantitative estimate of drug-likeness (QED) is 0.248. The predicted molar refractivity (Wildman–Crippen MR) is 127 cm³/mol. The Kier molecular flexibility index (Phi) is 6.30. The van der Waals surface area contributed by atoms with Gasteiger partial charge in [0, 0.05) is 0 Å². The number of hydrazone groups is 1. The van der Waals surface area contributed by atoms with Gasteiger partial charge in [-0.25, -0.2) is 0 Å². The summed E-state index contributed by atoms with van der Waals surface area (Å²) in [4.78, 5) is 0. The maximum Gasteiger partial charge on any atom is 0.175 e. The van der Waals surface area contributed by atoms with Crippen molar-refractivity contribution in [1.29, 1.82) is 0 Å². The number of fused-ring (bicyclic) bond motifs is 1. The number of hydrogen-bond donors (Lipinski definition) is 1. The van der Waals surface area contributed by atoms with Gasteiger partial charge in [0.25, 0.3) is 0 Å². The lowest BCUT2D eigenvalue weighted by molar-refractivity contribution is 0.283. The van der Waals surface area contributed by atoms with Crippen LogP contribution in [0.3, 0.4) is 0 Å². The van der Waals surface area contributed by atoms with Crippen molar-refractivity contribution in [2.75, 3.05) is 12.5 Å². The standard InChI is InChI=1S/C25H21BrN2O2/c1-29-24-15-18(16-27-28-21-11-3-2-4-12-21)14-23(26)25(24)30-17-20-10-7-9-19-8-5-6-13-22(19)20/h2-16,28H,17H2,1H3/b27-16-. The van der Waals surface area contributed by atoms with Crippen molar-refractivity contribution in [2.45, 2.75) is 6.61 Å². The van der Waals surface area contributed by atoms with E-state index in [1.165, 1.54) is 10.8 Å². The van der Waals surface area contributed by atoms with Gasteiger partial charge in [0.15, 0.2) is 11.5 Å². The van der Waals surface area contributed by atoms with Gasteiger partial charge >= 0.3 is 0 Å². The minimum Gasteiger partial charge on any atom is -0.493 e. The van der Waals surface area contributed by atoms with Crippen LogP contribution in [-0.4, -0.2) is 13.3 Å². The number of halogens is 1. The number of anilines is 1. The van der Waals surface area contributed by atoms with Crippen molar-refractivity contribution in [1.82, 2.24) is 0 Å². The summed E-state index contributed by atoms with van der Waals surface area (Å²) < 4.78 is 12.5. The summed E-state index contributed by atoms with van der Waals surface area (Å²) in [6, 6.07) is 28.2. The first-order chi connectivity index (χ1) is 14.7. The fourth-order valence-corrected chi connectivity index (χ4v) is 3.79.